The summed E-state index contributed by atoms with van der Waals surface area (Å²) in [5.74, 6) is 1.20. The Kier molecular flexibility index (Phi) is 6.74. The molecule has 1 aromatic carbocycles. The molecule has 0 atom stereocenters. The summed E-state index contributed by atoms with van der Waals surface area (Å²) >= 11 is 1.71. The SMILES string of the molecule is CCCCCSSc1nnc(Cc2ccccc2)s1. The summed E-state index contributed by atoms with van der Waals surface area (Å²) in [5, 5.41) is 9.60. The van der Waals surface area contributed by atoms with Crippen LogP contribution in [-0.2, 0) is 6.42 Å². The first-order chi connectivity index (χ1) is 9.38. The third kappa shape index (κ3) is 5.55. The van der Waals surface area contributed by atoms with Crippen LogP contribution in [0.5, 0.6) is 0 Å². The lowest BCUT2D eigenvalue weighted by molar-refractivity contribution is 0.779. The van der Waals surface area contributed by atoms with Crippen molar-refractivity contribution < 1.29 is 0 Å². The molecule has 0 radical (unpaired) electrons. The lowest BCUT2D eigenvalue weighted by Gasteiger charge is -1.96. The van der Waals surface area contributed by atoms with Crippen LogP contribution < -0.4 is 0 Å². The smallest absolute Gasteiger partial charge is 0.142 e. The molecule has 0 aliphatic carbocycles. The Morgan fingerprint density at radius 3 is 2.74 bits per heavy atom. The largest absolute Gasteiger partial charge is 0.184 e. The maximum absolute atomic E-state index is 4.26. The van der Waals surface area contributed by atoms with Gasteiger partial charge in [-0.05, 0) is 22.8 Å². The van der Waals surface area contributed by atoms with E-state index in [0.717, 1.165) is 15.8 Å². The monoisotopic (exact) mass is 310 g/mol. The quantitative estimate of drug-likeness (QED) is 0.503. The first-order valence-corrected chi connectivity index (χ1v) is 9.68. The highest BCUT2D eigenvalue weighted by atomic mass is 33.1. The lowest BCUT2D eigenvalue weighted by atomic mass is 10.2. The average molecular weight is 311 g/mol. The van der Waals surface area contributed by atoms with Crippen LogP contribution >= 0.6 is 32.9 Å². The number of aromatic nitrogens is 2. The summed E-state index contributed by atoms with van der Waals surface area (Å²) in [6, 6.07) is 10.4. The van der Waals surface area contributed by atoms with E-state index in [1.165, 1.54) is 30.6 Å². The number of hydrogen-bond acceptors (Lipinski definition) is 5. The molecule has 5 heteroatoms. The van der Waals surface area contributed by atoms with E-state index < -0.39 is 0 Å². The van der Waals surface area contributed by atoms with Crippen LogP contribution in [0.4, 0.5) is 0 Å². The van der Waals surface area contributed by atoms with Crippen molar-refractivity contribution in [3.63, 3.8) is 0 Å². The maximum atomic E-state index is 4.26. The van der Waals surface area contributed by atoms with Gasteiger partial charge in [-0.3, -0.25) is 0 Å². The van der Waals surface area contributed by atoms with Crippen molar-refractivity contribution in [2.45, 2.75) is 36.9 Å². The molecule has 0 aliphatic heterocycles. The number of nitrogens with zero attached hydrogens (tertiary/aromatic N) is 2. The Labute approximate surface area is 126 Å². The average Bonchev–Trinajstić information content (AvgIpc) is 2.87. The van der Waals surface area contributed by atoms with Gasteiger partial charge >= 0.3 is 0 Å². The van der Waals surface area contributed by atoms with E-state index in [1.807, 2.05) is 16.9 Å². The molecule has 2 aromatic rings. The Morgan fingerprint density at radius 2 is 1.95 bits per heavy atom. The molecule has 0 fully saturated rings. The van der Waals surface area contributed by atoms with Gasteiger partial charge in [0.1, 0.15) is 5.01 Å². The molecule has 0 saturated carbocycles. The van der Waals surface area contributed by atoms with Crippen molar-refractivity contribution in [1.29, 1.82) is 0 Å². The summed E-state index contributed by atoms with van der Waals surface area (Å²) in [7, 11) is 3.65. The second kappa shape index (κ2) is 8.61. The predicted octanol–water partition coefficient (Wildman–Crippen LogP) is 5.06. The molecule has 0 N–H and O–H groups in total. The molecule has 0 unspecified atom stereocenters. The summed E-state index contributed by atoms with van der Waals surface area (Å²) in [5.41, 5.74) is 1.30. The minimum absolute atomic E-state index is 0.888. The maximum Gasteiger partial charge on any atom is 0.184 e. The number of unbranched alkanes of at least 4 members (excludes halogenated alkanes) is 2. The molecule has 2 nitrogen and oxygen atoms in total. The molecular formula is C14H18N2S3. The molecule has 102 valence electrons. The Morgan fingerprint density at radius 1 is 1.11 bits per heavy atom. The summed E-state index contributed by atoms with van der Waals surface area (Å²) in [6.07, 6.45) is 4.79. The zero-order valence-electron chi connectivity index (χ0n) is 11.0. The molecule has 1 aromatic heterocycles. The molecule has 0 saturated heterocycles. The van der Waals surface area contributed by atoms with Crippen LogP contribution in [0.25, 0.3) is 0 Å². The van der Waals surface area contributed by atoms with Crippen molar-refractivity contribution >= 4 is 32.9 Å². The normalized spacial score (nSPS) is 10.8. The van der Waals surface area contributed by atoms with Crippen LogP contribution in [0.2, 0.25) is 0 Å². The second-order valence-corrected chi connectivity index (χ2v) is 7.96. The van der Waals surface area contributed by atoms with Crippen LogP contribution in [0, 0.1) is 0 Å². The topological polar surface area (TPSA) is 25.8 Å². The first-order valence-electron chi connectivity index (χ1n) is 6.54. The standard InChI is InChI=1S/C14H18N2S3/c1-2-3-7-10-17-19-14-16-15-13(18-14)11-12-8-5-4-6-9-12/h4-6,8-9H,2-3,7,10-11H2,1H3. The van der Waals surface area contributed by atoms with E-state index in [9.17, 15) is 0 Å². The minimum atomic E-state index is 0.888. The van der Waals surface area contributed by atoms with Crippen molar-refractivity contribution in [3.05, 3.63) is 40.9 Å². The molecule has 0 aliphatic rings. The zero-order valence-corrected chi connectivity index (χ0v) is 13.5. The Hall–Kier alpha value is -0.520. The van der Waals surface area contributed by atoms with Gasteiger partial charge in [0.25, 0.3) is 0 Å². The molecule has 0 spiro atoms. The fourth-order valence-corrected chi connectivity index (χ4v) is 4.97. The van der Waals surface area contributed by atoms with E-state index in [0.29, 0.717) is 0 Å². The number of rotatable bonds is 8. The van der Waals surface area contributed by atoms with E-state index in [1.54, 1.807) is 22.1 Å². The molecule has 0 amide bonds. The van der Waals surface area contributed by atoms with Gasteiger partial charge < -0.3 is 0 Å². The van der Waals surface area contributed by atoms with Crippen LogP contribution in [0.3, 0.4) is 0 Å². The number of hydrogen-bond donors (Lipinski definition) is 0. The summed E-state index contributed by atoms with van der Waals surface area (Å²) in [4.78, 5) is 0. The Bertz CT molecular complexity index is 471. The highest BCUT2D eigenvalue weighted by molar-refractivity contribution is 8.77. The fraction of sp³-hybridized carbons (Fsp3) is 0.429. The minimum Gasteiger partial charge on any atom is -0.142 e. The fourth-order valence-electron chi connectivity index (χ4n) is 1.62. The van der Waals surface area contributed by atoms with Gasteiger partial charge in [-0.15, -0.1) is 10.2 Å². The van der Waals surface area contributed by atoms with Crippen LogP contribution in [0.1, 0.15) is 36.8 Å². The lowest BCUT2D eigenvalue weighted by Crippen LogP contribution is -1.85. The zero-order chi connectivity index (χ0) is 13.3. The van der Waals surface area contributed by atoms with Gasteiger partial charge in [0.05, 0.1) is 0 Å². The van der Waals surface area contributed by atoms with E-state index in [-0.39, 0.29) is 0 Å². The molecule has 2 rings (SSSR count). The molecule has 1 heterocycles. The molecular weight excluding hydrogens is 292 g/mol. The van der Waals surface area contributed by atoms with Gasteiger partial charge in [-0.25, -0.2) is 0 Å². The van der Waals surface area contributed by atoms with Crippen molar-refractivity contribution in [3.8, 4) is 0 Å². The first kappa shape index (κ1) is 14.9. The van der Waals surface area contributed by atoms with Crippen molar-refractivity contribution in [2.24, 2.45) is 0 Å². The van der Waals surface area contributed by atoms with Gasteiger partial charge in [-0.1, -0.05) is 72.2 Å². The Balaban J connectivity index is 1.76. The number of benzene rings is 1. The van der Waals surface area contributed by atoms with Crippen molar-refractivity contribution in [2.75, 3.05) is 5.75 Å². The van der Waals surface area contributed by atoms with Crippen LogP contribution in [0.15, 0.2) is 34.7 Å². The third-order valence-corrected chi connectivity index (χ3v) is 6.27. The van der Waals surface area contributed by atoms with Crippen molar-refractivity contribution in [1.82, 2.24) is 10.2 Å². The highest BCUT2D eigenvalue weighted by Crippen LogP contribution is 2.34. The van der Waals surface area contributed by atoms with E-state index in [2.05, 4.69) is 41.4 Å². The molecule has 19 heavy (non-hydrogen) atoms. The van der Waals surface area contributed by atoms with Gasteiger partial charge in [-0.2, -0.15) is 0 Å². The molecule has 0 bridgehead atoms. The van der Waals surface area contributed by atoms with Gasteiger partial charge in [0, 0.05) is 12.2 Å². The van der Waals surface area contributed by atoms with Gasteiger partial charge in [0.2, 0.25) is 0 Å². The second-order valence-electron chi connectivity index (χ2n) is 4.24. The summed E-state index contributed by atoms with van der Waals surface area (Å²) in [6.45, 7) is 2.23. The van der Waals surface area contributed by atoms with E-state index >= 15 is 0 Å². The van der Waals surface area contributed by atoms with Crippen LogP contribution in [-0.4, -0.2) is 16.0 Å². The van der Waals surface area contributed by atoms with Gasteiger partial charge in [0.15, 0.2) is 4.34 Å². The third-order valence-electron chi connectivity index (χ3n) is 2.61. The highest BCUT2D eigenvalue weighted by Gasteiger charge is 2.05. The summed E-state index contributed by atoms with van der Waals surface area (Å²) < 4.78 is 1.08. The van der Waals surface area contributed by atoms with E-state index in [4.69, 9.17) is 0 Å². The predicted molar refractivity (Wildman–Crippen MR) is 87.0 cm³/mol.